The van der Waals surface area contributed by atoms with E-state index >= 15 is 0 Å². The van der Waals surface area contributed by atoms with Crippen LogP contribution in [0, 0.1) is 20.8 Å². The first-order valence-corrected chi connectivity index (χ1v) is 7.52. The summed E-state index contributed by atoms with van der Waals surface area (Å²) in [5.41, 5.74) is 7.76. The van der Waals surface area contributed by atoms with Gasteiger partial charge in [0.2, 0.25) is 0 Å². The summed E-state index contributed by atoms with van der Waals surface area (Å²) in [5, 5.41) is 3.37. The maximum Gasteiger partial charge on any atom is 0.123 e. The quantitative estimate of drug-likeness (QED) is 0.878. The molecule has 0 amide bonds. The minimum atomic E-state index is 0.831. The van der Waals surface area contributed by atoms with Crippen molar-refractivity contribution in [3.05, 3.63) is 52.6 Å². The van der Waals surface area contributed by atoms with Crippen molar-refractivity contribution in [3.8, 4) is 16.9 Å². The highest BCUT2D eigenvalue weighted by molar-refractivity contribution is 5.70. The fraction of sp³-hybridized carbons (Fsp3) is 0.368. The number of hydrogen-bond donors (Lipinski definition) is 1. The molecule has 0 saturated heterocycles. The Morgan fingerprint density at radius 3 is 2.33 bits per heavy atom. The maximum atomic E-state index is 5.47. The summed E-state index contributed by atoms with van der Waals surface area (Å²) in [4.78, 5) is 0. The van der Waals surface area contributed by atoms with Crippen molar-refractivity contribution in [2.24, 2.45) is 0 Å². The first-order valence-electron chi connectivity index (χ1n) is 7.52. The number of benzene rings is 2. The molecule has 0 aliphatic carbocycles. The smallest absolute Gasteiger partial charge is 0.123 e. The number of nitrogens with one attached hydrogen (secondary N) is 1. The van der Waals surface area contributed by atoms with E-state index in [0.717, 1.165) is 18.8 Å². The molecule has 2 rings (SSSR count). The first kappa shape index (κ1) is 15.6. The molecule has 1 N–H and O–H groups in total. The summed E-state index contributed by atoms with van der Waals surface area (Å²) in [5.74, 6) is 0.946. The van der Waals surface area contributed by atoms with Crippen LogP contribution in [-0.2, 0) is 6.54 Å². The Morgan fingerprint density at radius 2 is 1.67 bits per heavy atom. The molecule has 0 spiro atoms. The van der Waals surface area contributed by atoms with Crippen molar-refractivity contribution in [1.82, 2.24) is 5.32 Å². The summed E-state index contributed by atoms with van der Waals surface area (Å²) in [6.45, 7) is 10.4. The summed E-state index contributed by atoms with van der Waals surface area (Å²) in [7, 11) is 1.73. The third kappa shape index (κ3) is 3.45. The maximum absolute atomic E-state index is 5.47. The van der Waals surface area contributed by atoms with Crippen LogP contribution < -0.4 is 10.1 Å². The lowest BCUT2D eigenvalue weighted by molar-refractivity contribution is 0.408. The summed E-state index contributed by atoms with van der Waals surface area (Å²) in [6, 6.07) is 11.0. The van der Waals surface area contributed by atoms with Crippen LogP contribution in [0.2, 0.25) is 0 Å². The van der Waals surface area contributed by atoms with Crippen LogP contribution in [0.4, 0.5) is 0 Å². The lowest BCUT2D eigenvalue weighted by atomic mass is 9.94. The molecule has 0 atom stereocenters. The molecule has 0 aliphatic rings. The van der Waals surface area contributed by atoms with Gasteiger partial charge in [-0.25, -0.2) is 0 Å². The molecule has 2 aromatic rings. The van der Waals surface area contributed by atoms with Crippen molar-refractivity contribution in [2.45, 2.75) is 34.2 Å². The molecule has 0 heterocycles. The predicted octanol–water partition coefficient (Wildman–Crippen LogP) is 4.40. The lowest BCUT2D eigenvalue weighted by Crippen LogP contribution is -2.12. The Balaban J connectivity index is 2.47. The second-order valence-electron chi connectivity index (χ2n) is 5.56. The van der Waals surface area contributed by atoms with Crippen molar-refractivity contribution < 1.29 is 4.74 Å². The van der Waals surface area contributed by atoms with Crippen LogP contribution in [-0.4, -0.2) is 13.7 Å². The number of ether oxygens (including phenoxy) is 1. The van der Waals surface area contributed by atoms with Gasteiger partial charge >= 0.3 is 0 Å². The standard InChI is InChI=1S/C19H25NO/c1-6-20-12-17-11-16(7-8-19(17)21-5)18-10-14(3)13(2)9-15(18)4/h7-11,20H,6,12H2,1-5H3. The van der Waals surface area contributed by atoms with Crippen LogP contribution in [0.15, 0.2) is 30.3 Å². The van der Waals surface area contributed by atoms with Gasteiger partial charge in [0.25, 0.3) is 0 Å². The molecule has 112 valence electrons. The third-order valence-corrected chi connectivity index (χ3v) is 4.00. The zero-order chi connectivity index (χ0) is 15.4. The van der Waals surface area contributed by atoms with Gasteiger partial charge < -0.3 is 10.1 Å². The topological polar surface area (TPSA) is 21.3 Å². The average molecular weight is 283 g/mol. The van der Waals surface area contributed by atoms with Gasteiger partial charge in [0.05, 0.1) is 7.11 Å². The van der Waals surface area contributed by atoms with E-state index in [1.165, 1.54) is 33.4 Å². The van der Waals surface area contributed by atoms with Crippen LogP contribution in [0.3, 0.4) is 0 Å². The second-order valence-corrected chi connectivity index (χ2v) is 5.56. The largest absolute Gasteiger partial charge is 0.496 e. The Kier molecular flexibility index (Phi) is 5.03. The SMILES string of the molecule is CCNCc1cc(-c2cc(C)c(C)cc2C)ccc1OC. The molecule has 0 bridgehead atoms. The van der Waals surface area contributed by atoms with E-state index in [1.54, 1.807) is 7.11 Å². The number of aryl methyl sites for hydroxylation is 3. The molecule has 0 radical (unpaired) electrons. The summed E-state index contributed by atoms with van der Waals surface area (Å²) < 4.78 is 5.47. The molecular formula is C19H25NO. The van der Waals surface area contributed by atoms with E-state index in [2.05, 4.69) is 63.3 Å². The normalized spacial score (nSPS) is 10.7. The van der Waals surface area contributed by atoms with Crippen molar-refractivity contribution in [1.29, 1.82) is 0 Å². The zero-order valence-corrected chi connectivity index (χ0v) is 13.7. The first-order chi connectivity index (χ1) is 10.1. The fourth-order valence-electron chi connectivity index (χ4n) is 2.62. The highest BCUT2D eigenvalue weighted by Gasteiger charge is 2.09. The Hall–Kier alpha value is -1.80. The monoisotopic (exact) mass is 283 g/mol. The van der Waals surface area contributed by atoms with Crippen LogP contribution >= 0.6 is 0 Å². The minimum absolute atomic E-state index is 0.831. The van der Waals surface area contributed by atoms with Gasteiger partial charge in [0.1, 0.15) is 5.75 Å². The Bertz CT molecular complexity index is 632. The van der Waals surface area contributed by atoms with Crippen molar-refractivity contribution in [3.63, 3.8) is 0 Å². The van der Waals surface area contributed by atoms with Crippen molar-refractivity contribution in [2.75, 3.05) is 13.7 Å². The van der Waals surface area contributed by atoms with Gasteiger partial charge in [-0.1, -0.05) is 25.1 Å². The van der Waals surface area contributed by atoms with Gasteiger partial charge in [0.15, 0.2) is 0 Å². The molecule has 2 nitrogen and oxygen atoms in total. The number of hydrogen-bond acceptors (Lipinski definition) is 2. The van der Waals surface area contributed by atoms with Crippen LogP contribution in [0.5, 0.6) is 5.75 Å². The molecule has 2 aromatic carbocycles. The molecule has 0 aliphatic heterocycles. The fourth-order valence-corrected chi connectivity index (χ4v) is 2.62. The van der Waals surface area contributed by atoms with Gasteiger partial charge in [-0.3, -0.25) is 0 Å². The minimum Gasteiger partial charge on any atom is -0.496 e. The summed E-state index contributed by atoms with van der Waals surface area (Å²) >= 11 is 0. The van der Waals surface area contributed by atoms with E-state index in [0.29, 0.717) is 0 Å². The summed E-state index contributed by atoms with van der Waals surface area (Å²) in [6.07, 6.45) is 0. The van der Waals surface area contributed by atoms with Crippen LogP contribution in [0.1, 0.15) is 29.2 Å². The highest BCUT2D eigenvalue weighted by Crippen LogP contribution is 2.30. The Morgan fingerprint density at radius 1 is 0.952 bits per heavy atom. The Labute approximate surface area is 128 Å². The molecule has 21 heavy (non-hydrogen) atoms. The number of methoxy groups -OCH3 is 1. The van der Waals surface area contributed by atoms with E-state index in [1.807, 2.05) is 0 Å². The lowest BCUT2D eigenvalue weighted by Gasteiger charge is -2.14. The molecule has 0 unspecified atom stereocenters. The number of rotatable bonds is 5. The van der Waals surface area contributed by atoms with E-state index in [-0.39, 0.29) is 0 Å². The van der Waals surface area contributed by atoms with Gasteiger partial charge in [0, 0.05) is 12.1 Å². The molecule has 0 fully saturated rings. The van der Waals surface area contributed by atoms with Gasteiger partial charge in [-0.05, 0) is 67.3 Å². The second kappa shape index (κ2) is 6.77. The van der Waals surface area contributed by atoms with Gasteiger partial charge in [-0.15, -0.1) is 0 Å². The third-order valence-electron chi connectivity index (χ3n) is 4.00. The van der Waals surface area contributed by atoms with E-state index < -0.39 is 0 Å². The van der Waals surface area contributed by atoms with Crippen LogP contribution in [0.25, 0.3) is 11.1 Å². The molecular weight excluding hydrogens is 258 g/mol. The average Bonchev–Trinajstić information content (AvgIpc) is 2.48. The molecule has 0 saturated carbocycles. The molecule has 2 heteroatoms. The van der Waals surface area contributed by atoms with Gasteiger partial charge in [-0.2, -0.15) is 0 Å². The predicted molar refractivity (Wildman–Crippen MR) is 90.0 cm³/mol. The zero-order valence-electron chi connectivity index (χ0n) is 13.7. The van der Waals surface area contributed by atoms with E-state index in [9.17, 15) is 0 Å². The van der Waals surface area contributed by atoms with E-state index in [4.69, 9.17) is 4.74 Å². The molecule has 0 aromatic heterocycles. The van der Waals surface area contributed by atoms with Crippen molar-refractivity contribution >= 4 is 0 Å². The highest BCUT2D eigenvalue weighted by atomic mass is 16.5.